The van der Waals surface area contributed by atoms with Gasteiger partial charge in [-0.15, -0.1) is 0 Å². The molecule has 0 radical (unpaired) electrons. The maximum absolute atomic E-state index is 10.6. The van der Waals surface area contributed by atoms with Crippen molar-refractivity contribution in [3.8, 4) is 5.75 Å². The van der Waals surface area contributed by atoms with Crippen LogP contribution in [0.15, 0.2) is 24.4 Å². The number of carboxylic acids is 1. The average Bonchev–Trinajstić information content (AvgIpc) is 2.42. The van der Waals surface area contributed by atoms with Crippen molar-refractivity contribution in [2.45, 2.75) is 13.5 Å². The lowest BCUT2D eigenvalue weighted by Crippen LogP contribution is -2.07. The maximum atomic E-state index is 10.6. The number of phenolic OH excluding ortho intramolecular Hbond substituents is 1. The normalized spacial score (nSPS) is 10.7. The highest BCUT2D eigenvalue weighted by molar-refractivity contribution is 5.86. The van der Waals surface area contributed by atoms with Crippen LogP contribution in [0.2, 0.25) is 0 Å². The number of carbonyl (C=O) groups is 1. The number of aromatic nitrogens is 1. The fourth-order valence-electron chi connectivity index (χ4n) is 1.74. The van der Waals surface area contributed by atoms with Gasteiger partial charge in [0.05, 0.1) is 5.52 Å². The van der Waals surface area contributed by atoms with Gasteiger partial charge in [0.25, 0.3) is 0 Å². The lowest BCUT2D eigenvalue weighted by molar-refractivity contribution is -0.137. The van der Waals surface area contributed by atoms with Crippen molar-refractivity contribution >= 4 is 16.9 Å². The second-order valence-electron chi connectivity index (χ2n) is 3.54. The van der Waals surface area contributed by atoms with Crippen molar-refractivity contribution in [3.63, 3.8) is 0 Å². The molecule has 0 fully saturated rings. The molecule has 1 aromatic carbocycles. The molecular formula is C11H11NO3. The van der Waals surface area contributed by atoms with Gasteiger partial charge in [-0.1, -0.05) is 0 Å². The van der Waals surface area contributed by atoms with E-state index >= 15 is 0 Å². The first kappa shape index (κ1) is 9.58. The van der Waals surface area contributed by atoms with Gasteiger partial charge in [-0.25, -0.2) is 0 Å². The number of hydrogen-bond donors (Lipinski definition) is 2. The second-order valence-corrected chi connectivity index (χ2v) is 3.54. The zero-order chi connectivity index (χ0) is 11.0. The van der Waals surface area contributed by atoms with Crippen molar-refractivity contribution in [3.05, 3.63) is 30.0 Å². The van der Waals surface area contributed by atoms with E-state index in [9.17, 15) is 9.90 Å². The molecule has 78 valence electrons. The summed E-state index contributed by atoms with van der Waals surface area (Å²) in [5, 5.41) is 19.0. The van der Waals surface area contributed by atoms with E-state index in [1.54, 1.807) is 29.0 Å². The summed E-state index contributed by atoms with van der Waals surface area (Å²) < 4.78 is 1.62. The molecule has 1 heterocycles. The van der Waals surface area contributed by atoms with E-state index in [4.69, 9.17) is 5.11 Å². The van der Waals surface area contributed by atoms with Gasteiger partial charge < -0.3 is 14.8 Å². The Balaban J connectivity index is 2.64. The highest BCUT2D eigenvalue weighted by Gasteiger charge is 2.08. The van der Waals surface area contributed by atoms with Crippen LogP contribution < -0.4 is 0 Å². The Morgan fingerprint density at radius 2 is 2.20 bits per heavy atom. The minimum absolute atomic E-state index is 0.0895. The molecule has 0 amide bonds. The summed E-state index contributed by atoms with van der Waals surface area (Å²) in [4.78, 5) is 10.6. The Morgan fingerprint density at radius 3 is 2.87 bits per heavy atom. The Morgan fingerprint density at radius 1 is 1.47 bits per heavy atom. The van der Waals surface area contributed by atoms with E-state index in [1.165, 1.54) is 0 Å². The van der Waals surface area contributed by atoms with Crippen molar-refractivity contribution in [1.29, 1.82) is 0 Å². The van der Waals surface area contributed by atoms with Gasteiger partial charge in [0.1, 0.15) is 12.3 Å². The van der Waals surface area contributed by atoms with Crippen LogP contribution in [0, 0.1) is 6.92 Å². The number of aliphatic carboxylic acids is 1. The van der Waals surface area contributed by atoms with E-state index in [2.05, 4.69) is 0 Å². The first-order valence-electron chi connectivity index (χ1n) is 4.58. The molecule has 4 nitrogen and oxygen atoms in total. The molecule has 0 bridgehead atoms. The number of benzene rings is 1. The van der Waals surface area contributed by atoms with Crippen molar-refractivity contribution in [1.82, 2.24) is 4.57 Å². The summed E-state index contributed by atoms with van der Waals surface area (Å²) in [6, 6.07) is 4.96. The number of aromatic hydroxyl groups is 1. The number of carboxylic acid groups (broad SMARTS) is 1. The van der Waals surface area contributed by atoms with Gasteiger partial charge in [0.15, 0.2) is 0 Å². The van der Waals surface area contributed by atoms with E-state index in [-0.39, 0.29) is 12.3 Å². The number of hydrogen-bond acceptors (Lipinski definition) is 2. The van der Waals surface area contributed by atoms with Crippen LogP contribution >= 0.6 is 0 Å². The molecule has 0 saturated heterocycles. The Hall–Kier alpha value is -1.97. The number of nitrogens with zero attached hydrogens (tertiary/aromatic N) is 1. The van der Waals surface area contributed by atoms with Crippen LogP contribution in [0.1, 0.15) is 5.56 Å². The highest BCUT2D eigenvalue weighted by Crippen LogP contribution is 2.24. The minimum Gasteiger partial charge on any atom is -0.508 e. The van der Waals surface area contributed by atoms with E-state index in [0.29, 0.717) is 0 Å². The molecule has 0 spiro atoms. The van der Waals surface area contributed by atoms with Gasteiger partial charge >= 0.3 is 5.97 Å². The standard InChI is InChI=1S/C11H11NO3/c1-7-5-12(6-11(14)15)10-4-8(13)2-3-9(7)10/h2-5,13H,6H2,1H3,(H,14,15). The Labute approximate surface area is 86.4 Å². The average molecular weight is 205 g/mol. The van der Waals surface area contributed by atoms with E-state index < -0.39 is 5.97 Å². The van der Waals surface area contributed by atoms with Crippen LogP contribution in [0.5, 0.6) is 5.75 Å². The number of fused-ring (bicyclic) bond motifs is 1. The fraction of sp³-hybridized carbons (Fsp3) is 0.182. The third-order valence-electron chi connectivity index (χ3n) is 2.37. The summed E-state index contributed by atoms with van der Waals surface area (Å²) in [6.45, 7) is 1.82. The zero-order valence-electron chi connectivity index (χ0n) is 8.27. The van der Waals surface area contributed by atoms with Crippen LogP contribution in [0.3, 0.4) is 0 Å². The van der Waals surface area contributed by atoms with Gasteiger partial charge in [0, 0.05) is 17.6 Å². The molecule has 2 N–H and O–H groups in total. The minimum atomic E-state index is -0.893. The summed E-state index contributed by atoms with van der Waals surface area (Å²) in [5.41, 5.74) is 1.75. The van der Waals surface area contributed by atoms with Crippen LogP contribution in [-0.4, -0.2) is 20.7 Å². The first-order valence-corrected chi connectivity index (χ1v) is 4.58. The summed E-state index contributed by atoms with van der Waals surface area (Å²) in [7, 11) is 0. The monoisotopic (exact) mass is 205 g/mol. The van der Waals surface area contributed by atoms with Gasteiger partial charge in [-0.3, -0.25) is 4.79 Å². The Bertz CT molecular complexity index is 528. The molecular weight excluding hydrogens is 194 g/mol. The van der Waals surface area contributed by atoms with Crippen LogP contribution in [-0.2, 0) is 11.3 Å². The molecule has 15 heavy (non-hydrogen) atoms. The van der Waals surface area contributed by atoms with E-state index in [0.717, 1.165) is 16.5 Å². The highest BCUT2D eigenvalue weighted by atomic mass is 16.4. The molecule has 1 aromatic heterocycles. The lowest BCUT2D eigenvalue weighted by Gasteiger charge is -2.01. The molecule has 0 aliphatic heterocycles. The predicted octanol–water partition coefficient (Wildman–Crippen LogP) is 1.74. The third kappa shape index (κ3) is 1.66. The van der Waals surface area contributed by atoms with Gasteiger partial charge in [-0.2, -0.15) is 0 Å². The quantitative estimate of drug-likeness (QED) is 0.784. The van der Waals surface area contributed by atoms with Crippen molar-refractivity contribution < 1.29 is 15.0 Å². The predicted molar refractivity (Wildman–Crippen MR) is 56.0 cm³/mol. The molecule has 0 aliphatic carbocycles. The molecule has 0 atom stereocenters. The lowest BCUT2D eigenvalue weighted by atomic mass is 10.2. The van der Waals surface area contributed by atoms with Crippen LogP contribution in [0.4, 0.5) is 0 Å². The number of phenols is 1. The van der Waals surface area contributed by atoms with Crippen LogP contribution in [0.25, 0.3) is 10.9 Å². The Kier molecular flexibility index (Phi) is 2.11. The summed E-state index contributed by atoms with van der Waals surface area (Å²) in [5.74, 6) is -0.748. The second kappa shape index (κ2) is 3.31. The molecule has 0 saturated carbocycles. The third-order valence-corrected chi connectivity index (χ3v) is 2.37. The number of rotatable bonds is 2. The van der Waals surface area contributed by atoms with E-state index in [1.807, 2.05) is 6.92 Å². The number of aryl methyl sites for hydroxylation is 1. The van der Waals surface area contributed by atoms with Gasteiger partial charge in [0.2, 0.25) is 0 Å². The fourth-order valence-corrected chi connectivity index (χ4v) is 1.74. The van der Waals surface area contributed by atoms with Gasteiger partial charge in [-0.05, 0) is 24.6 Å². The summed E-state index contributed by atoms with van der Waals surface area (Å²) in [6.07, 6.45) is 1.78. The van der Waals surface area contributed by atoms with Crippen molar-refractivity contribution in [2.75, 3.05) is 0 Å². The maximum Gasteiger partial charge on any atom is 0.323 e. The first-order chi connectivity index (χ1) is 7.08. The molecule has 0 unspecified atom stereocenters. The van der Waals surface area contributed by atoms with Crippen molar-refractivity contribution in [2.24, 2.45) is 0 Å². The molecule has 2 rings (SSSR count). The largest absolute Gasteiger partial charge is 0.508 e. The zero-order valence-corrected chi connectivity index (χ0v) is 8.27. The molecule has 2 aromatic rings. The molecule has 4 heteroatoms. The smallest absolute Gasteiger partial charge is 0.323 e. The topological polar surface area (TPSA) is 62.5 Å². The summed E-state index contributed by atoms with van der Waals surface area (Å²) >= 11 is 0. The SMILES string of the molecule is Cc1cn(CC(=O)O)c2cc(O)ccc12. The molecule has 0 aliphatic rings.